The van der Waals surface area contributed by atoms with Gasteiger partial charge in [0, 0.05) is 31.3 Å². The molecule has 0 aromatic carbocycles. The lowest BCUT2D eigenvalue weighted by Crippen LogP contribution is -2.38. The van der Waals surface area contributed by atoms with Gasteiger partial charge in [0.05, 0.1) is 12.7 Å². The number of alkyl halides is 4. The molecule has 0 N–H and O–H groups in total. The minimum absolute atomic E-state index is 0.0515. The van der Waals surface area contributed by atoms with Crippen molar-refractivity contribution in [2.45, 2.75) is 24.5 Å². The minimum atomic E-state index is -4.11. The first kappa shape index (κ1) is 15.4. The number of hydrogen-bond acceptors (Lipinski definition) is 3. The van der Waals surface area contributed by atoms with E-state index in [4.69, 9.17) is 16.3 Å². The highest BCUT2D eigenvalue weighted by atomic mass is 35.5. The number of hydrogen-bond donors (Lipinski definition) is 0. The Balaban J connectivity index is 2.07. The van der Waals surface area contributed by atoms with Crippen LogP contribution in [-0.2, 0) is 4.74 Å². The van der Waals surface area contributed by atoms with E-state index in [0.717, 1.165) is 25.9 Å². The fourth-order valence-corrected chi connectivity index (χ4v) is 2.47. The quantitative estimate of drug-likeness (QED) is 0.698. The maximum atomic E-state index is 11.9. The minimum Gasteiger partial charge on any atom is -0.377 e. The number of ether oxygens (including phenoxy) is 1. The first-order chi connectivity index (χ1) is 8.01. The second kappa shape index (κ2) is 7.71. The van der Waals surface area contributed by atoms with Crippen molar-refractivity contribution in [3.8, 4) is 0 Å². The van der Waals surface area contributed by atoms with E-state index in [-0.39, 0.29) is 23.6 Å². The van der Waals surface area contributed by atoms with Crippen LogP contribution in [0.2, 0.25) is 0 Å². The van der Waals surface area contributed by atoms with E-state index in [0.29, 0.717) is 19.0 Å². The van der Waals surface area contributed by atoms with Crippen LogP contribution in [0.25, 0.3) is 0 Å². The summed E-state index contributed by atoms with van der Waals surface area (Å²) in [4.78, 5) is 2.05. The van der Waals surface area contributed by atoms with Crippen LogP contribution in [0.4, 0.5) is 13.2 Å². The highest BCUT2D eigenvalue weighted by Gasteiger charge is 2.28. The molecule has 2 nitrogen and oxygen atoms in total. The number of piperidine rings is 1. The molecule has 0 radical (unpaired) electrons. The summed E-state index contributed by atoms with van der Waals surface area (Å²) >= 11 is 5.57. The van der Waals surface area contributed by atoms with Crippen LogP contribution in [0.1, 0.15) is 12.8 Å². The average Bonchev–Trinajstić information content (AvgIpc) is 2.26. The van der Waals surface area contributed by atoms with Gasteiger partial charge in [-0.15, -0.1) is 11.6 Å². The molecule has 1 fully saturated rings. The van der Waals surface area contributed by atoms with Gasteiger partial charge in [0.15, 0.2) is 0 Å². The normalized spacial score (nSPS) is 19.8. The van der Waals surface area contributed by atoms with E-state index in [9.17, 15) is 13.2 Å². The van der Waals surface area contributed by atoms with Crippen LogP contribution >= 0.6 is 23.4 Å². The lowest BCUT2D eigenvalue weighted by atomic mass is 10.1. The van der Waals surface area contributed by atoms with Crippen molar-refractivity contribution in [1.82, 2.24) is 4.90 Å². The molecular formula is C10H17ClF3NOS. The molecule has 1 aliphatic rings. The van der Waals surface area contributed by atoms with Gasteiger partial charge < -0.3 is 9.64 Å². The molecule has 1 rings (SSSR count). The van der Waals surface area contributed by atoms with Crippen LogP contribution in [0.15, 0.2) is 0 Å². The Bertz CT molecular complexity index is 210. The Kier molecular flexibility index (Phi) is 6.99. The third-order valence-corrected chi connectivity index (χ3v) is 3.51. The third-order valence-electron chi connectivity index (χ3n) is 2.64. The zero-order valence-corrected chi connectivity index (χ0v) is 11.1. The summed E-state index contributed by atoms with van der Waals surface area (Å²) in [7, 11) is 0. The molecule has 0 aromatic heterocycles. The lowest BCUT2D eigenvalue weighted by Gasteiger charge is -2.31. The predicted octanol–water partition coefficient (Wildman–Crippen LogP) is 2.96. The summed E-state index contributed by atoms with van der Waals surface area (Å²) in [6, 6.07) is 0. The molecule has 0 amide bonds. The van der Waals surface area contributed by atoms with Crippen molar-refractivity contribution in [3.05, 3.63) is 0 Å². The average molecular weight is 292 g/mol. The molecule has 0 unspecified atom stereocenters. The predicted molar refractivity (Wildman–Crippen MR) is 64.6 cm³/mol. The summed E-state index contributed by atoms with van der Waals surface area (Å²) in [6.45, 7) is 2.67. The Morgan fingerprint density at radius 2 is 1.94 bits per heavy atom. The van der Waals surface area contributed by atoms with Crippen LogP contribution in [0.3, 0.4) is 0 Å². The SMILES string of the molecule is FC(F)(F)SCCN1CCC(OCCCl)CC1. The van der Waals surface area contributed by atoms with Crippen molar-refractivity contribution in [1.29, 1.82) is 0 Å². The van der Waals surface area contributed by atoms with E-state index in [1.54, 1.807) is 0 Å². The molecule has 17 heavy (non-hydrogen) atoms. The molecule has 0 spiro atoms. The van der Waals surface area contributed by atoms with Gasteiger partial charge in [-0.2, -0.15) is 13.2 Å². The smallest absolute Gasteiger partial charge is 0.377 e. The zero-order chi connectivity index (χ0) is 12.7. The van der Waals surface area contributed by atoms with Crippen molar-refractivity contribution < 1.29 is 17.9 Å². The van der Waals surface area contributed by atoms with Crippen LogP contribution in [-0.4, -0.2) is 54.4 Å². The summed E-state index contributed by atoms with van der Waals surface area (Å²) < 4.78 is 41.3. The van der Waals surface area contributed by atoms with Crippen LogP contribution in [0, 0.1) is 0 Å². The van der Waals surface area contributed by atoms with Gasteiger partial charge in [-0.3, -0.25) is 0 Å². The molecule has 102 valence electrons. The Morgan fingerprint density at radius 3 is 2.47 bits per heavy atom. The van der Waals surface area contributed by atoms with E-state index in [1.807, 2.05) is 0 Å². The number of rotatable bonds is 6. The van der Waals surface area contributed by atoms with E-state index < -0.39 is 5.51 Å². The topological polar surface area (TPSA) is 12.5 Å². The molecule has 0 aliphatic carbocycles. The maximum Gasteiger partial charge on any atom is 0.441 e. The molecule has 0 saturated carbocycles. The molecule has 7 heteroatoms. The number of likely N-dealkylation sites (tertiary alicyclic amines) is 1. The number of halogens is 4. The van der Waals surface area contributed by atoms with Gasteiger partial charge in [0.1, 0.15) is 0 Å². The second-order valence-corrected chi connectivity index (χ2v) is 5.43. The van der Waals surface area contributed by atoms with E-state index >= 15 is 0 Å². The molecule has 1 aliphatic heterocycles. The molecule has 0 atom stereocenters. The summed E-state index contributed by atoms with van der Waals surface area (Å²) in [5.74, 6) is 0.596. The standard InChI is InChI=1S/C10H17ClF3NOS/c11-3-7-16-9-1-4-15(5-2-9)6-8-17-10(12,13)14/h9H,1-8H2. The Hall–Kier alpha value is 0.350. The first-order valence-corrected chi connectivity index (χ1v) is 7.14. The fraction of sp³-hybridized carbons (Fsp3) is 1.00. The monoisotopic (exact) mass is 291 g/mol. The van der Waals surface area contributed by atoms with Crippen molar-refractivity contribution in [2.75, 3.05) is 37.9 Å². The van der Waals surface area contributed by atoms with Gasteiger partial charge in [-0.25, -0.2) is 0 Å². The largest absolute Gasteiger partial charge is 0.441 e. The lowest BCUT2D eigenvalue weighted by molar-refractivity contribution is -0.0330. The summed E-state index contributed by atoms with van der Waals surface area (Å²) in [5.41, 5.74) is -4.11. The highest BCUT2D eigenvalue weighted by Crippen LogP contribution is 2.30. The van der Waals surface area contributed by atoms with Gasteiger partial charge >= 0.3 is 5.51 Å². The van der Waals surface area contributed by atoms with Gasteiger partial charge in [0.2, 0.25) is 0 Å². The fourth-order valence-electron chi connectivity index (χ4n) is 1.80. The van der Waals surface area contributed by atoms with E-state index in [1.165, 1.54) is 0 Å². The Morgan fingerprint density at radius 1 is 1.29 bits per heavy atom. The van der Waals surface area contributed by atoms with E-state index in [2.05, 4.69) is 4.90 Å². The molecule has 0 bridgehead atoms. The van der Waals surface area contributed by atoms with Gasteiger partial charge in [-0.1, -0.05) is 0 Å². The second-order valence-electron chi connectivity index (χ2n) is 3.89. The molecule has 1 heterocycles. The van der Waals surface area contributed by atoms with Crippen molar-refractivity contribution >= 4 is 23.4 Å². The van der Waals surface area contributed by atoms with Crippen LogP contribution < -0.4 is 0 Å². The van der Waals surface area contributed by atoms with Gasteiger partial charge in [0.25, 0.3) is 0 Å². The number of nitrogens with zero attached hydrogens (tertiary/aromatic N) is 1. The van der Waals surface area contributed by atoms with Crippen molar-refractivity contribution in [3.63, 3.8) is 0 Å². The maximum absolute atomic E-state index is 11.9. The van der Waals surface area contributed by atoms with Crippen LogP contribution in [0.5, 0.6) is 0 Å². The van der Waals surface area contributed by atoms with Gasteiger partial charge in [-0.05, 0) is 24.6 Å². The highest BCUT2D eigenvalue weighted by molar-refractivity contribution is 8.00. The first-order valence-electron chi connectivity index (χ1n) is 5.62. The Labute approximate surface area is 109 Å². The number of thioether (sulfide) groups is 1. The third kappa shape index (κ3) is 7.39. The molecule has 1 saturated heterocycles. The van der Waals surface area contributed by atoms with Crippen molar-refractivity contribution in [2.24, 2.45) is 0 Å². The summed E-state index contributed by atoms with van der Waals surface area (Å²) in [6.07, 6.45) is 1.99. The zero-order valence-electron chi connectivity index (χ0n) is 9.51. The summed E-state index contributed by atoms with van der Waals surface area (Å²) in [5, 5.41) is 0. The molecular weight excluding hydrogens is 275 g/mol. The molecule has 0 aromatic rings.